The number of nitrogens with zero attached hydrogens (tertiary/aromatic N) is 3. The van der Waals surface area contributed by atoms with Gasteiger partial charge in [-0.1, -0.05) is 36.4 Å². The van der Waals surface area contributed by atoms with Crippen LogP contribution in [0.3, 0.4) is 0 Å². The molecule has 0 saturated carbocycles. The van der Waals surface area contributed by atoms with Crippen molar-refractivity contribution in [1.82, 2.24) is 14.1 Å². The van der Waals surface area contributed by atoms with Gasteiger partial charge in [-0.15, -0.1) is 11.3 Å². The van der Waals surface area contributed by atoms with Crippen LogP contribution in [0.25, 0.3) is 0 Å². The zero-order chi connectivity index (χ0) is 19.6. The van der Waals surface area contributed by atoms with E-state index in [9.17, 15) is 13.2 Å². The van der Waals surface area contributed by atoms with Gasteiger partial charge in [0.1, 0.15) is 10.3 Å². The summed E-state index contributed by atoms with van der Waals surface area (Å²) < 4.78 is 27.5. The monoisotopic (exact) mass is 419 g/mol. The molecule has 2 fully saturated rings. The zero-order valence-corrected chi connectivity index (χ0v) is 17.4. The van der Waals surface area contributed by atoms with Crippen molar-refractivity contribution in [2.24, 2.45) is 0 Å². The van der Waals surface area contributed by atoms with E-state index in [2.05, 4.69) is 4.90 Å². The minimum Gasteiger partial charge on any atom is -0.341 e. The third-order valence-corrected chi connectivity index (χ3v) is 8.77. The molecule has 8 heteroatoms. The molecule has 0 spiro atoms. The molecule has 150 valence electrons. The zero-order valence-electron chi connectivity index (χ0n) is 15.7. The van der Waals surface area contributed by atoms with Crippen molar-refractivity contribution in [2.45, 2.75) is 23.1 Å². The summed E-state index contributed by atoms with van der Waals surface area (Å²) in [4.78, 5) is 17.4. The minimum absolute atomic E-state index is 0.137. The molecule has 0 radical (unpaired) electrons. The van der Waals surface area contributed by atoms with Crippen LogP contribution < -0.4 is 0 Å². The third kappa shape index (κ3) is 3.87. The number of thiophene rings is 1. The lowest BCUT2D eigenvalue weighted by Crippen LogP contribution is -2.52. The number of benzene rings is 1. The summed E-state index contributed by atoms with van der Waals surface area (Å²) in [6.07, 6.45) is 2.11. The molecule has 1 amide bonds. The smallest absolute Gasteiger partial charge is 0.252 e. The quantitative estimate of drug-likeness (QED) is 0.747. The maximum Gasteiger partial charge on any atom is 0.252 e. The molecule has 1 unspecified atom stereocenters. The highest BCUT2D eigenvalue weighted by Crippen LogP contribution is 2.28. The first-order chi connectivity index (χ1) is 13.6. The number of piperazine rings is 1. The lowest BCUT2D eigenvalue weighted by atomic mass is 10.0. The summed E-state index contributed by atoms with van der Waals surface area (Å²) in [5, 5.41) is 1.78. The molecule has 0 bridgehead atoms. The van der Waals surface area contributed by atoms with Crippen molar-refractivity contribution >= 4 is 27.3 Å². The van der Waals surface area contributed by atoms with E-state index in [0.717, 1.165) is 31.5 Å². The van der Waals surface area contributed by atoms with Crippen molar-refractivity contribution in [3.63, 3.8) is 0 Å². The van der Waals surface area contributed by atoms with Gasteiger partial charge in [0.2, 0.25) is 5.91 Å². The Balaban J connectivity index is 1.52. The number of rotatable bonds is 5. The number of carbonyl (C=O) groups excluding carboxylic acids is 1. The number of hydrogen-bond acceptors (Lipinski definition) is 5. The minimum atomic E-state index is -3.44. The van der Waals surface area contributed by atoms with E-state index in [1.54, 1.807) is 17.5 Å². The summed E-state index contributed by atoms with van der Waals surface area (Å²) in [5.41, 5.74) is 0.981. The van der Waals surface area contributed by atoms with Gasteiger partial charge < -0.3 is 4.90 Å². The molecule has 6 nitrogen and oxygen atoms in total. The molecule has 28 heavy (non-hydrogen) atoms. The van der Waals surface area contributed by atoms with E-state index in [1.165, 1.54) is 15.6 Å². The normalized spacial score (nSPS) is 20.4. The topological polar surface area (TPSA) is 60.9 Å². The molecule has 3 heterocycles. The van der Waals surface area contributed by atoms with Gasteiger partial charge in [-0.05, 0) is 29.9 Å². The van der Waals surface area contributed by atoms with Crippen LogP contribution in [-0.2, 0) is 14.8 Å². The van der Waals surface area contributed by atoms with Gasteiger partial charge in [0.25, 0.3) is 10.0 Å². The maximum absolute atomic E-state index is 13.3. The van der Waals surface area contributed by atoms with Gasteiger partial charge >= 0.3 is 0 Å². The second-order valence-corrected chi connectivity index (χ2v) is 10.3. The van der Waals surface area contributed by atoms with Crippen LogP contribution in [-0.4, -0.2) is 67.7 Å². The number of carbonyl (C=O) groups is 1. The Morgan fingerprint density at radius 2 is 1.57 bits per heavy atom. The Bertz CT molecular complexity index is 886. The number of likely N-dealkylation sites (tertiary alicyclic amines) is 1. The Morgan fingerprint density at radius 3 is 2.18 bits per heavy atom. The Labute approximate surface area is 170 Å². The largest absolute Gasteiger partial charge is 0.341 e. The van der Waals surface area contributed by atoms with Crippen molar-refractivity contribution in [3.05, 3.63) is 53.4 Å². The first-order valence-electron chi connectivity index (χ1n) is 9.69. The van der Waals surface area contributed by atoms with Gasteiger partial charge in [0.15, 0.2) is 0 Å². The molecular formula is C20H25N3O3S2. The molecule has 0 aliphatic carbocycles. The molecular weight excluding hydrogens is 394 g/mol. The van der Waals surface area contributed by atoms with E-state index >= 15 is 0 Å². The van der Waals surface area contributed by atoms with Crippen LogP contribution >= 0.6 is 11.3 Å². The molecule has 1 aromatic heterocycles. The van der Waals surface area contributed by atoms with Crippen molar-refractivity contribution in [2.75, 3.05) is 39.3 Å². The average molecular weight is 420 g/mol. The Kier molecular flexibility index (Phi) is 5.82. The molecule has 2 aliphatic rings. The predicted octanol–water partition coefficient (Wildman–Crippen LogP) is 2.42. The first-order valence-corrected chi connectivity index (χ1v) is 12.0. The van der Waals surface area contributed by atoms with Gasteiger partial charge in [-0.3, -0.25) is 9.69 Å². The van der Waals surface area contributed by atoms with Crippen LogP contribution in [0.4, 0.5) is 0 Å². The first kappa shape index (κ1) is 19.6. The van der Waals surface area contributed by atoms with Crippen molar-refractivity contribution in [3.8, 4) is 0 Å². The highest BCUT2D eigenvalue weighted by Gasteiger charge is 2.36. The van der Waals surface area contributed by atoms with E-state index in [1.807, 2.05) is 35.2 Å². The van der Waals surface area contributed by atoms with Gasteiger partial charge in [-0.2, -0.15) is 4.31 Å². The molecule has 0 N–H and O–H groups in total. The van der Waals surface area contributed by atoms with Crippen LogP contribution in [0.1, 0.15) is 24.4 Å². The SMILES string of the molecule is O=C(C(c1ccccc1)N1CCN(S(=O)(=O)c2cccs2)CC1)N1CCCC1. The number of hydrogen-bond donors (Lipinski definition) is 0. The van der Waals surface area contributed by atoms with Gasteiger partial charge in [-0.25, -0.2) is 8.42 Å². The summed E-state index contributed by atoms with van der Waals surface area (Å²) in [6, 6.07) is 12.9. The fraction of sp³-hybridized carbons (Fsp3) is 0.450. The van der Waals surface area contributed by atoms with Crippen LogP contribution in [0.15, 0.2) is 52.1 Å². The molecule has 2 aromatic rings. The fourth-order valence-corrected chi connectivity index (χ4v) is 6.56. The van der Waals surface area contributed by atoms with E-state index in [4.69, 9.17) is 0 Å². The summed E-state index contributed by atoms with van der Waals surface area (Å²) in [7, 11) is -3.44. The summed E-state index contributed by atoms with van der Waals surface area (Å²) in [5.74, 6) is 0.137. The standard InChI is InChI=1S/C20H25N3O3S2/c24-20(22-10-4-5-11-22)19(17-7-2-1-3-8-17)21-12-14-23(15-13-21)28(25,26)18-9-6-16-27-18/h1-3,6-9,16,19H,4-5,10-15H2. The Hall–Kier alpha value is -1.74. The van der Waals surface area contributed by atoms with Crippen molar-refractivity contribution in [1.29, 1.82) is 0 Å². The summed E-state index contributed by atoms with van der Waals surface area (Å²) >= 11 is 1.25. The fourth-order valence-electron chi connectivity index (χ4n) is 3.99. The second-order valence-electron chi connectivity index (χ2n) is 7.22. The highest BCUT2D eigenvalue weighted by molar-refractivity contribution is 7.91. The van der Waals surface area contributed by atoms with E-state index < -0.39 is 10.0 Å². The van der Waals surface area contributed by atoms with E-state index in [0.29, 0.717) is 30.4 Å². The van der Waals surface area contributed by atoms with Crippen LogP contribution in [0.5, 0.6) is 0 Å². The number of sulfonamides is 1. The average Bonchev–Trinajstić information content (AvgIpc) is 3.44. The molecule has 2 aliphatic heterocycles. The van der Waals surface area contributed by atoms with Crippen LogP contribution in [0.2, 0.25) is 0 Å². The van der Waals surface area contributed by atoms with Gasteiger partial charge in [0.05, 0.1) is 0 Å². The lowest BCUT2D eigenvalue weighted by Gasteiger charge is -2.39. The van der Waals surface area contributed by atoms with Gasteiger partial charge in [0, 0.05) is 39.3 Å². The maximum atomic E-state index is 13.3. The van der Waals surface area contributed by atoms with E-state index in [-0.39, 0.29) is 11.9 Å². The molecule has 2 saturated heterocycles. The second kappa shape index (κ2) is 8.32. The molecule has 1 atom stereocenters. The lowest BCUT2D eigenvalue weighted by molar-refractivity contribution is -0.136. The molecule has 4 rings (SSSR count). The highest BCUT2D eigenvalue weighted by atomic mass is 32.2. The molecule has 1 aromatic carbocycles. The Morgan fingerprint density at radius 1 is 0.893 bits per heavy atom. The number of amides is 1. The summed E-state index contributed by atoms with van der Waals surface area (Å²) in [6.45, 7) is 3.52. The van der Waals surface area contributed by atoms with Crippen molar-refractivity contribution < 1.29 is 13.2 Å². The van der Waals surface area contributed by atoms with Crippen LogP contribution in [0, 0.1) is 0 Å². The third-order valence-electron chi connectivity index (χ3n) is 5.49. The predicted molar refractivity (Wildman–Crippen MR) is 110 cm³/mol.